The third-order valence-corrected chi connectivity index (χ3v) is 5.09. The number of fused-ring (bicyclic) bond motifs is 1. The van der Waals surface area contributed by atoms with Gasteiger partial charge in [-0.1, -0.05) is 11.8 Å². The molecule has 186 valence electrons. The highest BCUT2D eigenvalue weighted by Gasteiger charge is 2.21. The third-order valence-electron chi connectivity index (χ3n) is 5.09. The number of Topliss-reactive ketones (excluding diaryl/α,β-unsaturated/α-hetero) is 1. The molecule has 0 spiro atoms. The molecule has 0 radical (unpaired) electrons. The number of carbonyl (C=O) groups excluding carboxylic acids is 3. The highest BCUT2D eigenvalue weighted by Crippen LogP contribution is 2.29. The summed E-state index contributed by atoms with van der Waals surface area (Å²) in [6.45, 7) is 6.67. The molecule has 4 rings (SSSR count). The van der Waals surface area contributed by atoms with Crippen molar-refractivity contribution in [2.45, 2.75) is 39.8 Å². The predicted octanol–water partition coefficient (Wildman–Crippen LogP) is 3.42. The molecule has 0 fully saturated rings. The van der Waals surface area contributed by atoms with Crippen LogP contribution in [0.5, 0.6) is 0 Å². The molecule has 0 aliphatic heterocycles. The Morgan fingerprint density at radius 1 is 0.973 bits per heavy atom. The first kappa shape index (κ1) is 25.2. The number of benzene rings is 1. The number of ether oxygens (including phenoxy) is 1. The first-order valence-electron chi connectivity index (χ1n) is 11.3. The molecule has 0 aliphatic rings. The number of ketones is 1. The minimum Gasteiger partial charge on any atom is -0.459 e. The van der Waals surface area contributed by atoms with Gasteiger partial charge in [0.15, 0.2) is 5.78 Å². The maximum Gasteiger partial charge on any atom is 0.326 e. The average Bonchev–Trinajstić information content (AvgIpc) is 3.19. The Bertz CT molecular complexity index is 1540. The molecule has 1 amide bonds. The van der Waals surface area contributed by atoms with Crippen LogP contribution in [-0.2, 0) is 16.1 Å². The molecule has 0 saturated carbocycles. The van der Waals surface area contributed by atoms with Gasteiger partial charge in [0.05, 0.1) is 22.3 Å². The summed E-state index contributed by atoms with van der Waals surface area (Å²) in [5, 5.41) is 3.43. The minimum absolute atomic E-state index is 0.118. The van der Waals surface area contributed by atoms with E-state index < -0.39 is 17.5 Å². The summed E-state index contributed by atoms with van der Waals surface area (Å²) in [6, 6.07) is 3.39. The van der Waals surface area contributed by atoms with Gasteiger partial charge < -0.3 is 14.6 Å². The van der Waals surface area contributed by atoms with E-state index in [0.717, 1.165) is 0 Å². The number of hydrogen-bond acceptors (Lipinski definition) is 8. The van der Waals surface area contributed by atoms with Gasteiger partial charge in [0, 0.05) is 47.5 Å². The number of esters is 1. The molecule has 10 nitrogen and oxygen atoms in total. The molecule has 3 heterocycles. The van der Waals surface area contributed by atoms with Gasteiger partial charge in [-0.25, -0.2) is 19.9 Å². The molecule has 1 N–H and O–H groups in total. The Labute approximate surface area is 213 Å². The number of nitrogens with zero attached hydrogens (tertiary/aromatic N) is 5. The zero-order valence-electron chi connectivity index (χ0n) is 20.8. The van der Waals surface area contributed by atoms with E-state index in [2.05, 4.69) is 37.1 Å². The second-order valence-electron chi connectivity index (χ2n) is 9.19. The molecule has 1 aromatic carbocycles. The molecule has 0 aliphatic carbocycles. The van der Waals surface area contributed by atoms with Crippen LogP contribution in [0, 0.1) is 11.8 Å². The van der Waals surface area contributed by atoms with Crippen molar-refractivity contribution in [2.75, 3.05) is 5.32 Å². The van der Waals surface area contributed by atoms with Crippen LogP contribution in [0.4, 0.5) is 5.69 Å². The average molecular weight is 497 g/mol. The van der Waals surface area contributed by atoms with E-state index in [9.17, 15) is 14.4 Å². The number of amides is 1. The second-order valence-corrected chi connectivity index (χ2v) is 9.19. The quantitative estimate of drug-likeness (QED) is 0.253. The lowest BCUT2D eigenvalue weighted by Crippen LogP contribution is -2.26. The first-order chi connectivity index (χ1) is 17.6. The third kappa shape index (κ3) is 6.21. The number of anilines is 1. The van der Waals surface area contributed by atoms with Crippen LogP contribution in [0.1, 0.15) is 59.5 Å². The van der Waals surface area contributed by atoms with E-state index in [1.165, 1.54) is 32.0 Å². The summed E-state index contributed by atoms with van der Waals surface area (Å²) in [7, 11) is 0. The van der Waals surface area contributed by atoms with E-state index in [1.807, 2.05) is 0 Å². The Morgan fingerprint density at radius 3 is 2.24 bits per heavy atom. The zero-order chi connectivity index (χ0) is 26.6. The van der Waals surface area contributed by atoms with Gasteiger partial charge in [-0.2, -0.15) is 0 Å². The fraction of sp³-hybridized carbons (Fsp3) is 0.222. The monoisotopic (exact) mass is 496 g/mol. The molecule has 4 aromatic rings. The van der Waals surface area contributed by atoms with Crippen molar-refractivity contribution in [3.63, 3.8) is 0 Å². The SMILES string of the molecule is CC(=O)c1cn(CC(=O)OC(C)(C)C)c2cc(NC(=O)c3cncnc3)c(C#Cc3cncnc3)cc12. The lowest BCUT2D eigenvalue weighted by atomic mass is 10.0. The summed E-state index contributed by atoms with van der Waals surface area (Å²) in [5.41, 5.74) is 1.98. The second kappa shape index (κ2) is 10.4. The van der Waals surface area contributed by atoms with Gasteiger partial charge in [0.2, 0.25) is 0 Å². The van der Waals surface area contributed by atoms with Gasteiger partial charge >= 0.3 is 5.97 Å². The zero-order valence-corrected chi connectivity index (χ0v) is 20.8. The van der Waals surface area contributed by atoms with Crippen LogP contribution in [0.2, 0.25) is 0 Å². The maximum atomic E-state index is 12.9. The predicted molar refractivity (Wildman–Crippen MR) is 136 cm³/mol. The molecule has 3 aromatic heterocycles. The summed E-state index contributed by atoms with van der Waals surface area (Å²) in [6.07, 6.45) is 10.3. The molecule has 0 unspecified atom stereocenters. The van der Waals surface area contributed by atoms with Crippen molar-refractivity contribution >= 4 is 34.3 Å². The largest absolute Gasteiger partial charge is 0.459 e. The Balaban J connectivity index is 1.84. The highest BCUT2D eigenvalue weighted by molar-refractivity contribution is 6.10. The van der Waals surface area contributed by atoms with Gasteiger partial charge in [-0.15, -0.1) is 0 Å². The molecule has 0 atom stereocenters. The van der Waals surface area contributed by atoms with Crippen molar-refractivity contribution in [3.8, 4) is 11.8 Å². The highest BCUT2D eigenvalue weighted by atomic mass is 16.6. The van der Waals surface area contributed by atoms with Gasteiger partial charge in [-0.3, -0.25) is 14.4 Å². The normalized spacial score (nSPS) is 10.9. The fourth-order valence-corrected chi connectivity index (χ4v) is 3.58. The topological polar surface area (TPSA) is 129 Å². The van der Waals surface area contributed by atoms with Crippen LogP contribution in [0.25, 0.3) is 10.9 Å². The van der Waals surface area contributed by atoms with Crippen LogP contribution in [0.3, 0.4) is 0 Å². The van der Waals surface area contributed by atoms with Crippen molar-refractivity contribution in [1.82, 2.24) is 24.5 Å². The van der Waals surface area contributed by atoms with E-state index in [1.54, 1.807) is 56.1 Å². The minimum atomic E-state index is -0.662. The summed E-state index contributed by atoms with van der Waals surface area (Å²) < 4.78 is 7.09. The van der Waals surface area contributed by atoms with Crippen LogP contribution < -0.4 is 5.32 Å². The number of rotatable bonds is 5. The van der Waals surface area contributed by atoms with Gasteiger partial charge in [-0.05, 0) is 39.8 Å². The lowest BCUT2D eigenvalue weighted by molar-refractivity contribution is -0.155. The van der Waals surface area contributed by atoms with Crippen LogP contribution >= 0.6 is 0 Å². The molecule has 0 saturated heterocycles. The molecule has 0 bridgehead atoms. The van der Waals surface area contributed by atoms with E-state index in [-0.39, 0.29) is 17.9 Å². The van der Waals surface area contributed by atoms with Crippen LogP contribution in [0.15, 0.2) is 55.8 Å². The van der Waals surface area contributed by atoms with Gasteiger partial charge in [0.25, 0.3) is 5.91 Å². The van der Waals surface area contributed by atoms with E-state index in [4.69, 9.17) is 4.74 Å². The molecule has 10 heteroatoms. The first-order valence-corrected chi connectivity index (χ1v) is 11.3. The number of nitrogens with one attached hydrogen (secondary N) is 1. The summed E-state index contributed by atoms with van der Waals surface area (Å²) >= 11 is 0. The molecule has 37 heavy (non-hydrogen) atoms. The van der Waals surface area contributed by atoms with Crippen molar-refractivity contribution in [1.29, 1.82) is 0 Å². The Kier molecular flexibility index (Phi) is 7.06. The standard InChI is InChI=1S/C27H24N6O4/c1-17(34)22-13-33(14-25(35)37-27(2,3)4)24-8-23(32-26(36)20-11-30-16-31-12-20)19(7-21(22)24)6-5-18-9-28-15-29-10-18/h7-13,15-16H,14H2,1-4H3,(H,32,36). The van der Waals surface area contributed by atoms with Gasteiger partial charge in [0.1, 0.15) is 24.8 Å². The van der Waals surface area contributed by atoms with Crippen LogP contribution in [-0.4, -0.2) is 47.8 Å². The Hall–Kier alpha value is -4.91. The van der Waals surface area contributed by atoms with E-state index >= 15 is 0 Å². The van der Waals surface area contributed by atoms with E-state index in [0.29, 0.717) is 33.3 Å². The summed E-state index contributed by atoms with van der Waals surface area (Å²) in [5.74, 6) is 4.93. The number of carbonyl (C=O) groups is 3. The number of hydrogen-bond donors (Lipinski definition) is 1. The molecular formula is C27H24N6O4. The van der Waals surface area contributed by atoms with Crippen molar-refractivity contribution in [3.05, 3.63) is 78.0 Å². The Morgan fingerprint density at radius 2 is 1.62 bits per heavy atom. The van der Waals surface area contributed by atoms with Crippen molar-refractivity contribution in [2.24, 2.45) is 0 Å². The number of aromatic nitrogens is 5. The lowest BCUT2D eigenvalue weighted by Gasteiger charge is -2.20. The maximum absolute atomic E-state index is 12.9. The molecular weight excluding hydrogens is 472 g/mol. The smallest absolute Gasteiger partial charge is 0.326 e. The fourth-order valence-electron chi connectivity index (χ4n) is 3.58. The van der Waals surface area contributed by atoms with Crippen molar-refractivity contribution < 1.29 is 19.1 Å². The summed E-state index contributed by atoms with van der Waals surface area (Å²) in [4.78, 5) is 53.7.